The summed E-state index contributed by atoms with van der Waals surface area (Å²) in [4.78, 5) is 4.09. The van der Waals surface area contributed by atoms with Gasteiger partial charge >= 0.3 is 0 Å². The van der Waals surface area contributed by atoms with Gasteiger partial charge in [-0.3, -0.25) is 4.90 Å². The largest absolute Gasteiger partial charge is 0.389 e. The molecule has 0 aliphatic carbocycles. The van der Waals surface area contributed by atoms with Crippen LogP contribution in [0.2, 0.25) is 0 Å². The predicted molar refractivity (Wildman–Crippen MR) is 83.9 cm³/mol. The molecule has 1 N–H and O–H groups in total. The highest BCUT2D eigenvalue weighted by Gasteiger charge is 2.11. The molecule has 1 heterocycles. The molecule has 0 aliphatic heterocycles. The third kappa shape index (κ3) is 4.61. The highest BCUT2D eigenvalue weighted by molar-refractivity contribution is 7.15. The van der Waals surface area contributed by atoms with Crippen LogP contribution in [0.15, 0.2) is 36.4 Å². The molecular formula is C16H20FNO2S. The van der Waals surface area contributed by atoms with Gasteiger partial charge in [-0.25, -0.2) is 4.39 Å². The van der Waals surface area contributed by atoms with Crippen LogP contribution in [0.3, 0.4) is 0 Å². The van der Waals surface area contributed by atoms with E-state index in [-0.39, 0.29) is 5.82 Å². The molecule has 1 unspecified atom stereocenters. The zero-order valence-electron chi connectivity index (χ0n) is 12.3. The highest BCUT2D eigenvalue weighted by atomic mass is 32.1. The lowest BCUT2D eigenvalue weighted by Crippen LogP contribution is -2.31. The third-order valence-electron chi connectivity index (χ3n) is 3.11. The Kier molecular flexibility index (Phi) is 5.87. The van der Waals surface area contributed by atoms with Crippen molar-refractivity contribution in [2.75, 3.05) is 27.3 Å². The molecule has 0 aliphatic rings. The molecule has 0 amide bonds. The summed E-state index contributed by atoms with van der Waals surface area (Å²) in [6.45, 7) is 1.59. The lowest BCUT2D eigenvalue weighted by atomic mass is 10.2. The molecule has 0 radical (unpaired) electrons. The fraction of sp³-hybridized carbons (Fsp3) is 0.375. The van der Waals surface area contributed by atoms with Gasteiger partial charge in [-0.2, -0.15) is 0 Å². The zero-order chi connectivity index (χ0) is 15.2. The molecular weight excluding hydrogens is 289 g/mol. The minimum absolute atomic E-state index is 0.199. The van der Waals surface area contributed by atoms with E-state index >= 15 is 0 Å². The molecule has 2 aromatic rings. The second kappa shape index (κ2) is 7.66. The predicted octanol–water partition coefficient (Wildman–Crippen LogP) is 2.99. The van der Waals surface area contributed by atoms with Crippen LogP contribution in [-0.2, 0) is 11.3 Å². The lowest BCUT2D eigenvalue weighted by Gasteiger charge is -2.19. The van der Waals surface area contributed by atoms with E-state index in [2.05, 4.69) is 0 Å². The summed E-state index contributed by atoms with van der Waals surface area (Å²) in [7, 11) is 3.52. The van der Waals surface area contributed by atoms with Gasteiger partial charge in [0, 0.05) is 35.5 Å². The van der Waals surface area contributed by atoms with E-state index < -0.39 is 6.10 Å². The Morgan fingerprint density at radius 1 is 1.29 bits per heavy atom. The van der Waals surface area contributed by atoms with E-state index in [0.29, 0.717) is 18.7 Å². The smallest absolute Gasteiger partial charge is 0.131 e. The van der Waals surface area contributed by atoms with E-state index in [4.69, 9.17) is 4.74 Å². The van der Waals surface area contributed by atoms with Crippen LogP contribution in [0.4, 0.5) is 4.39 Å². The Labute approximate surface area is 128 Å². The lowest BCUT2D eigenvalue weighted by molar-refractivity contribution is 0.0420. The highest BCUT2D eigenvalue weighted by Crippen LogP contribution is 2.30. The first-order chi connectivity index (χ1) is 10.1. The van der Waals surface area contributed by atoms with Crippen molar-refractivity contribution in [2.24, 2.45) is 0 Å². The van der Waals surface area contributed by atoms with Crippen molar-refractivity contribution >= 4 is 11.3 Å². The van der Waals surface area contributed by atoms with Gasteiger partial charge < -0.3 is 9.84 Å². The minimum atomic E-state index is -0.494. The SMILES string of the molecule is COCC(O)CN(C)Cc1ccc(-c2ccccc2F)s1. The van der Waals surface area contributed by atoms with Crippen LogP contribution in [0, 0.1) is 5.82 Å². The molecule has 0 fully saturated rings. The normalized spacial score (nSPS) is 12.8. The molecule has 1 aromatic heterocycles. The van der Waals surface area contributed by atoms with E-state index in [1.807, 2.05) is 30.1 Å². The Morgan fingerprint density at radius 2 is 2.05 bits per heavy atom. The molecule has 0 saturated heterocycles. The molecule has 2 rings (SSSR count). The average Bonchev–Trinajstić information content (AvgIpc) is 2.87. The number of nitrogens with zero attached hydrogens (tertiary/aromatic N) is 1. The number of aliphatic hydroxyl groups is 1. The summed E-state index contributed by atoms with van der Waals surface area (Å²) >= 11 is 1.57. The van der Waals surface area contributed by atoms with Gasteiger partial charge in [-0.05, 0) is 25.2 Å². The number of methoxy groups -OCH3 is 1. The Morgan fingerprint density at radius 3 is 2.76 bits per heavy atom. The van der Waals surface area contributed by atoms with E-state index in [9.17, 15) is 9.50 Å². The van der Waals surface area contributed by atoms with E-state index in [1.165, 1.54) is 6.07 Å². The number of halogens is 1. The molecule has 21 heavy (non-hydrogen) atoms. The summed E-state index contributed by atoms with van der Waals surface area (Å²) in [5.41, 5.74) is 0.635. The van der Waals surface area contributed by atoms with Crippen LogP contribution in [0.25, 0.3) is 10.4 Å². The number of ether oxygens (including phenoxy) is 1. The summed E-state index contributed by atoms with van der Waals surface area (Å²) in [6.07, 6.45) is -0.494. The topological polar surface area (TPSA) is 32.7 Å². The van der Waals surface area contributed by atoms with E-state index in [0.717, 1.165) is 16.3 Å². The Hall–Kier alpha value is -1.27. The number of thiophene rings is 1. The van der Waals surface area contributed by atoms with E-state index in [1.54, 1.807) is 30.6 Å². The maximum Gasteiger partial charge on any atom is 0.131 e. The maximum atomic E-state index is 13.8. The number of likely N-dealkylation sites (N-methyl/N-ethyl adjacent to an activating group) is 1. The molecule has 3 nitrogen and oxygen atoms in total. The van der Waals surface area contributed by atoms with Gasteiger partial charge in [0.15, 0.2) is 0 Å². The van der Waals surface area contributed by atoms with Gasteiger partial charge in [-0.1, -0.05) is 18.2 Å². The average molecular weight is 309 g/mol. The number of rotatable bonds is 7. The second-order valence-electron chi connectivity index (χ2n) is 5.05. The van der Waals surface area contributed by atoms with Crippen LogP contribution >= 0.6 is 11.3 Å². The third-order valence-corrected chi connectivity index (χ3v) is 4.21. The van der Waals surface area contributed by atoms with Crippen LogP contribution in [0.5, 0.6) is 0 Å². The van der Waals surface area contributed by atoms with Gasteiger partial charge in [0.1, 0.15) is 5.82 Å². The number of hydrogen-bond acceptors (Lipinski definition) is 4. The molecule has 114 valence electrons. The fourth-order valence-electron chi connectivity index (χ4n) is 2.20. The minimum Gasteiger partial charge on any atom is -0.389 e. The first-order valence-corrected chi connectivity index (χ1v) is 7.61. The van der Waals surface area contributed by atoms with Gasteiger partial charge in [0.05, 0.1) is 12.7 Å². The van der Waals surface area contributed by atoms with Crippen molar-refractivity contribution in [3.63, 3.8) is 0 Å². The van der Waals surface area contributed by atoms with Gasteiger partial charge in [-0.15, -0.1) is 11.3 Å². The van der Waals surface area contributed by atoms with Crippen molar-refractivity contribution in [1.29, 1.82) is 0 Å². The molecule has 0 bridgehead atoms. The fourth-order valence-corrected chi connectivity index (χ4v) is 3.32. The quantitative estimate of drug-likeness (QED) is 0.853. The van der Waals surface area contributed by atoms with Crippen molar-refractivity contribution in [3.8, 4) is 10.4 Å². The standard InChI is InChI=1S/C16H20FNO2S/c1-18(9-12(19)11-20-2)10-13-7-8-16(21-13)14-5-3-4-6-15(14)17/h3-8,12,19H,9-11H2,1-2H3. The van der Waals surface area contributed by atoms with Gasteiger partial charge in [0.2, 0.25) is 0 Å². The van der Waals surface area contributed by atoms with Crippen molar-refractivity contribution in [2.45, 2.75) is 12.6 Å². The molecule has 1 aromatic carbocycles. The van der Waals surface area contributed by atoms with Crippen molar-refractivity contribution in [3.05, 3.63) is 47.1 Å². The summed E-state index contributed by atoms with van der Waals surface area (Å²) in [5, 5.41) is 9.70. The summed E-state index contributed by atoms with van der Waals surface area (Å²) < 4.78 is 18.7. The first kappa shape index (κ1) is 16.1. The molecule has 1 atom stereocenters. The Balaban J connectivity index is 1.99. The summed E-state index contributed by atoms with van der Waals surface area (Å²) in [6, 6.07) is 10.7. The monoisotopic (exact) mass is 309 g/mol. The number of hydrogen-bond donors (Lipinski definition) is 1. The Bertz CT molecular complexity index is 573. The van der Waals surface area contributed by atoms with Crippen molar-refractivity contribution in [1.82, 2.24) is 4.90 Å². The number of aliphatic hydroxyl groups excluding tert-OH is 1. The maximum absolute atomic E-state index is 13.8. The van der Waals surface area contributed by atoms with Crippen molar-refractivity contribution < 1.29 is 14.2 Å². The molecule has 0 spiro atoms. The van der Waals surface area contributed by atoms with Gasteiger partial charge in [0.25, 0.3) is 0 Å². The summed E-state index contributed by atoms with van der Waals surface area (Å²) in [5.74, 6) is -0.199. The zero-order valence-corrected chi connectivity index (χ0v) is 13.1. The van der Waals surface area contributed by atoms with Crippen LogP contribution < -0.4 is 0 Å². The second-order valence-corrected chi connectivity index (χ2v) is 6.22. The van der Waals surface area contributed by atoms with Crippen LogP contribution in [0.1, 0.15) is 4.88 Å². The molecule has 0 saturated carbocycles. The first-order valence-electron chi connectivity index (χ1n) is 6.79. The molecule has 5 heteroatoms. The number of benzene rings is 1. The van der Waals surface area contributed by atoms with Crippen LogP contribution in [-0.4, -0.2) is 43.4 Å².